The molecule has 3 heterocycles. The number of imidazole rings is 1. The fraction of sp³-hybridized carbons (Fsp3) is 0.333. The molecule has 0 aliphatic heterocycles. The predicted molar refractivity (Wildman–Crippen MR) is 89.7 cm³/mol. The second kappa shape index (κ2) is 6.68. The summed E-state index contributed by atoms with van der Waals surface area (Å²) >= 11 is 5.16. The third kappa shape index (κ3) is 3.51. The average molecular weight is 365 g/mol. The summed E-state index contributed by atoms with van der Waals surface area (Å²) in [6.07, 6.45) is 9.87. The number of nitrogens with zero attached hydrogens (tertiary/aromatic N) is 3. The van der Waals surface area contributed by atoms with Gasteiger partial charge in [-0.2, -0.15) is 0 Å². The van der Waals surface area contributed by atoms with Crippen LogP contribution in [0.3, 0.4) is 0 Å². The number of rotatable bonds is 6. The van der Waals surface area contributed by atoms with Crippen molar-refractivity contribution >= 4 is 32.2 Å². The number of halogens is 1. The number of hydrogen-bond donors (Lipinski definition) is 1. The van der Waals surface area contributed by atoms with E-state index in [0.717, 1.165) is 34.5 Å². The van der Waals surface area contributed by atoms with Crippen molar-refractivity contribution in [3.63, 3.8) is 0 Å². The molecule has 1 atom stereocenters. The van der Waals surface area contributed by atoms with Gasteiger partial charge in [-0.3, -0.25) is 9.38 Å². The Morgan fingerprint density at radius 1 is 1.43 bits per heavy atom. The molecule has 0 spiro atoms. The van der Waals surface area contributed by atoms with E-state index >= 15 is 0 Å². The van der Waals surface area contributed by atoms with E-state index < -0.39 is 0 Å². The number of nitrogens with one attached hydrogen (secondary N) is 1. The topological polar surface area (TPSA) is 42.2 Å². The smallest absolute Gasteiger partial charge is 0.193 e. The monoisotopic (exact) mass is 364 g/mol. The Labute approximate surface area is 136 Å². The number of aromatic nitrogens is 3. The van der Waals surface area contributed by atoms with Crippen molar-refractivity contribution in [1.82, 2.24) is 19.7 Å². The van der Waals surface area contributed by atoms with Crippen LogP contribution in [0.2, 0.25) is 0 Å². The van der Waals surface area contributed by atoms with Gasteiger partial charge >= 0.3 is 0 Å². The summed E-state index contributed by atoms with van der Waals surface area (Å²) in [5.41, 5.74) is 2.30. The van der Waals surface area contributed by atoms with Gasteiger partial charge in [0.25, 0.3) is 0 Å². The summed E-state index contributed by atoms with van der Waals surface area (Å²) in [4.78, 5) is 10.0. The highest BCUT2D eigenvalue weighted by molar-refractivity contribution is 9.10. The predicted octanol–water partition coefficient (Wildman–Crippen LogP) is 3.84. The summed E-state index contributed by atoms with van der Waals surface area (Å²) in [7, 11) is 0. The van der Waals surface area contributed by atoms with Crippen LogP contribution in [-0.2, 0) is 6.42 Å². The van der Waals surface area contributed by atoms with E-state index in [2.05, 4.69) is 60.2 Å². The molecular weight excluding hydrogens is 348 g/mol. The Hall–Kier alpha value is -1.24. The fourth-order valence-corrected chi connectivity index (χ4v) is 3.43. The summed E-state index contributed by atoms with van der Waals surface area (Å²) in [6, 6.07) is 2.36. The molecule has 0 aliphatic carbocycles. The zero-order valence-electron chi connectivity index (χ0n) is 11.8. The summed E-state index contributed by atoms with van der Waals surface area (Å²) < 4.78 is 3.09. The molecule has 110 valence electrons. The van der Waals surface area contributed by atoms with Gasteiger partial charge in [-0.1, -0.05) is 6.92 Å². The minimum Gasteiger partial charge on any atom is -0.310 e. The lowest BCUT2D eigenvalue weighted by Crippen LogP contribution is -2.24. The first-order valence-corrected chi connectivity index (χ1v) is 8.68. The van der Waals surface area contributed by atoms with E-state index in [1.807, 2.05) is 18.6 Å². The molecule has 3 aromatic heterocycles. The van der Waals surface area contributed by atoms with E-state index in [1.165, 1.54) is 5.56 Å². The second-order valence-corrected chi connectivity index (χ2v) is 6.76. The Bertz CT molecular complexity index is 693. The molecule has 0 amide bonds. The maximum Gasteiger partial charge on any atom is 0.193 e. The van der Waals surface area contributed by atoms with Crippen LogP contribution in [0.15, 0.2) is 40.7 Å². The van der Waals surface area contributed by atoms with Crippen LogP contribution in [0.5, 0.6) is 0 Å². The highest BCUT2D eigenvalue weighted by Gasteiger charge is 2.14. The van der Waals surface area contributed by atoms with Crippen LogP contribution in [0.4, 0.5) is 0 Å². The Balaban J connectivity index is 1.83. The largest absolute Gasteiger partial charge is 0.310 e. The van der Waals surface area contributed by atoms with Crippen LogP contribution >= 0.6 is 27.3 Å². The molecule has 0 saturated heterocycles. The summed E-state index contributed by atoms with van der Waals surface area (Å²) in [5, 5.41) is 5.64. The third-order valence-corrected chi connectivity index (χ3v) is 4.53. The van der Waals surface area contributed by atoms with Crippen molar-refractivity contribution in [2.24, 2.45) is 0 Å². The van der Waals surface area contributed by atoms with Gasteiger partial charge in [0.2, 0.25) is 0 Å². The van der Waals surface area contributed by atoms with E-state index in [0.29, 0.717) is 0 Å². The molecule has 0 aliphatic rings. The Morgan fingerprint density at radius 2 is 2.33 bits per heavy atom. The molecule has 1 N–H and O–H groups in total. The number of hydrogen-bond acceptors (Lipinski definition) is 4. The number of pyridine rings is 1. The van der Waals surface area contributed by atoms with E-state index in [9.17, 15) is 0 Å². The first kappa shape index (κ1) is 14.7. The SMILES string of the molecule is CCCNC(Cc1cn2ccsc2n1)c1cncc(Br)c1. The quantitative estimate of drug-likeness (QED) is 0.722. The number of thiazole rings is 1. The average Bonchev–Trinajstić information content (AvgIpc) is 3.04. The molecule has 1 unspecified atom stereocenters. The van der Waals surface area contributed by atoms with Crippen LogP contribution < -0.4 is 5.32 Å². The van der Waals surface area contributed by atoms with Gasteiger partial charge < -0.3 is 5.32 Å². The lowest BCUT2D eigenvalue weighted by atomic mass is 10.0. The van der Waals surface area contributed by atoms with E-state index in [4.69, 9.17) is 0 Å². The zero-order chi connectivity index (χ0) is 14.7. The van der Waals surface area contributed by atoms with Crippen molar-refractivity contribution in [1.29, 1.82) is 0 Å². The van der Waals surface area contributed by atoms with Gasteiger partial charge in [0.1, 0.15) is 0 Å². The molecule has 3 aromatic rings. The molecule has 4 nitrogen and oxygen atoms in total. The van der Waals surface area contributed by atoms with Crippen molar-refractivity contribution in [2.45, 2.75) is 25.8 Å². The maximum atomic E-state index is 4.68. The van der Waals surface area contributed by atoms with Gasteiger partial charge in [0, 0.05) is 47.1 Å². The van der Waals surface area contributed by atoms with Crippen molar-refractivity contribution in [3.8, 4) is 0 Å². The van der Waals surface area contributed by atoms with Crippen LogP contribution in [-0.4, -0.2) is 20.9 Å². The molecule has 0 aromatic carbocycles. The second-order valence-electron chi connectivity index (χ2n) is 4.97. The molecule has 3 rings (SSSR count). The van der Waals surface area contributed by atoms with Crippen molar-refractivity contribution in [2.75, 3.05) is 6.54 Å². The highest BCUT2D eigenvalue weighted by Crippen LogP contribution is 2.21. The van der Waals surface area contributed by atoms with Gasteiger partial charge in [-0.25, -0.2) is 4.98 Å². The summed E-state index contributed by atoms with van der Waals surface area (Å²) in [6.45, 7) is 3.16. The fourth-order valence-electron chi connectivity index (χ4n) is 2.33. The van der Waals surface area contributed by atoms with Crippen molar-refractivity contribution in [3.05, 3.63) is 52.0 Å². The lowest BCUT2D eigenvalue weighted by molar-refractivity contribution is 0.524. The number of fused-ring (bicyclic) bond motifs is 1. The summed E-state index contributed by atoms with van der Waals surface area (Å²) in [5.74, 6) is 0. The minimum atomic E-state index is 0.236. The molecular formula is C15H17BrN4S. The molecule has 21 heavy (non-hydrogen) atoms. The van der Waals surface area contributed by atoms with Gasteiger partial charge in [0.15, 0.2) is 4.96 Å². The van der Waals surface area contributed by atoms with Gasteiger partial charge in [0.05, 0.1) is 5.69 Å². The molecule has 6 heteroatoms. The lowest BCUT2D eigenvalue weighted by Gasteiger charge is -2.17. The van der Waals surface area contributed by atoms with Crippen LogP contribution in [0.25, 0.3) is 4.96 Å². The first-order chi connectivity index (χ1) is 10.3. The Kier molecular flexibility index (Phi) is 4.67. The van der Waals surface area contributed by atoms with E-state index in [1.54, 1.807) is 11.3 Å². The normalized spacial score (nSPS) is 12.9. The van der Waals surface area contributed by atoms with Crippen LogP contribution in [0, 0.1) is 0 Å². The van der Waals surface area contributed by atoms with Crippen molar-refractivity contribution < 1.29 is 0 Å². The van der Waals surface area contributed by atoms with Gasteiger partial charge in [-0.05, 0) is 40.5 Å². The van der Waals surface area contributed by atoms with E-state index in [-0.39, 0.29) is 6.04 Å². The molecule has 0 fully saturated rings. The third-order valence-electron chi connectivity index (χ3n) is 3.33. The zero-order valence-corrected chi connectivity index (χ0v) is 14.2. The van der Waals surface area contributed by atoms with Gasteiger partial charge in [-0.15, -0.1) is 11.3 Å². The standard InChI is InChI=1S/C15H17BrN4S/c1-2-3-18-14(11-6-12(16)9-17-8-11)7-13-10-20-4-5-21-15(20)19-13/h4-6,8-10,14,18H,2-3,7H2,1H3. The first-order valence-electron chi connectivity index (χ1n) is 7.01. The molecule has 0 saturated carbocycles. The minimum absolute atomic E-state index is 0.236. The van der Waals surface area contributed by atoms with Crippen LogP contribution in [0.1, 0.15) is 30.6 Å². The Morgan fingerprint density at radius 3 is 3.10 bits per heavy atom. The molecule has 0 bridgehead atoms. The maximum absolute atomic E-state index is 4.68. The highest BCUT2D eigenvalue weighted by atomic mass is 79.9. The molecule has 0 radical (unpaired) electrons.